The molecule has 2 unspecified atom stereocenters. The summed E-state index contributed by atoms with van der Waals surface area (Å²) in [5.41, 5.74) is 7.36. The number of aryl methyl sites for hydroxylation is 1. The van der Waals surface area contributed by atoms with Crippen LogP contribution in [0.2, 0.25) is 0 Å². The van der Waals surface area contributed by atoms with Gasteiger partial charge in [0.2, 0.25) is 0 Å². The molecule has 2 N–H and O–H groups in total. The van der Waals surface area contributed by atoms with Gasteiger partial charge in [0.1, 0.15) is 6.07 Å². The van der Waals surface area contributed by atoms with Crippen LogP contribution in [0.15, 0.2) is 53.3 Å². The zero-order valence-electron chi connectivity index (χ0n) is 15.5. The molecule has 0 saturated carbocycles. The van der Waals surface area contributed by atoms with Crippen molar-refractivity contribution < 1.29 is 0 Å². The van der Waals surface area contributed by atoms with E-state index < -0.39 is 5.41 Å². The predicted molar refractivity (Wildman–Crippen MR) is 102 cm³/mol. The van der Waals surface area contributed by atoms with Crippen LogP contribution >= 0.6 is 0 Å². The summed E-state index contributed by atoms with van der Waals surface area (Å²) in [4.78, 5) is 2.28. The molecule has 0 bridgehead atoms. The molecule has 0 amide bonds. The number of allylic oxidation sites excluding steroid dienone is 2. The molecule has 0 spiro atoms. The van der Waals surface area contributed by atoms with Crippen LogP contribution in [0.1, 0.15) is 18.9 Å². The summed E-state index contributed by atoms with van der Waals surface area (Å²) in [7, 11) is 0. The van der Waals surface area contributed by atoms with Gasteiger partial charge in [-0.05, 0) is 30.5 Å². The van der Waals surface area contributed by atoms with Gasteiger partial charge in [0.15, 0.2) is 5.41 Å². The average Bonchev–Trinajstić information content (AvgIpc) is 2.72. The van der Waals surface area contributed by atoms with Crippen molar-refractivity contribution in [1.82, 2.24) is 4.90 Å². The van der Waals surface area contributed by atoms with Gasteiger partial charge in [-0.15, -0.1) is 0 Å². The molecule has 1 heterocycles. The summed E-state index contributed by atoms with van der Waals surface area (Å²) in [6.07, 6.45) is 3.49. The minimum absolute atomic E-state index is 0.0383. The molecule has 1 aliphatic heterocycles. The fraction of sp³-hybridized carbons (Fsp3) is 0.409. The average molecular weight is 357 g/mol. The summed E-state index contributed by atoms with van der Waals surface area (Å²) in [6.45, 7) is 4.49. The molecule has 0 radical (unpaired) electrons. The molecule has 136 valence electrons. The van der Waals surface area contributed by atoms with Crippen LogP contribution in [0.25, 0.3) is 0 Å². The van der Waals surface area contributed by atoms with Crippen molar-refractivity contribution in [3.63, 3.8) is 0 Å². The Morgan fingerprint density at radius 3 is 2.48 bits per heavy atom. The first-order chi connectivity index (χ1) is 13.1. The molecular formula is C22H23N5. The highest BCUT2D eigenvalue weighted by Crippen LogP contribution is 2.50. The van der Waals surface area contributed by atoms with Gasteiger partial charge < -0.3 is 5.73 Å². The maximum Gasteiger partial charge on any atom is 0.187 e. The van der Waals surface area contributed by atoms with Crippen LogP contribution in [0.3, 0.4) is 0 Å². The molecule has 1 aliphatic carbocycles. The van der Waals surface area contributed by atoms with Gasteiger partial charge in [-0.25, -0.2) is 0 Å². The first-order valence-corrected chi connectivity index (χ1v) is 9.30. The van der Waals surface area contributed by atoms with E-state index in [1.54, 1.807) is 0 Å². The van der Waals surface area contributed by atoms with Gasteiger partial charge >= 0.3 is 0 Å². The maximum absolute atomic E-state index is 9.98. The van der Waals surface area contributed by atoms with Crippen molar-refractivity contribution in [2.75, 3.05) is 19.6 Å². The fourth-order valence-electron chi connectivity index (χ4n) is 4.39. The first-order valence-electron chi connectivity index (χ1n) is 9.30. The van der Waals surface area contributed by atoms with Gasteiger partial charge in [-0.3, -0.25) is 4.90 Å². The maximum atomic E-state index is 9.98. The Hall–Kier alpha value is -3.07. The van der Waals surface area contributed by atoms with E-state index in [0.29, 0.717) is 12.0 Å². The van der Waals surface area contributed by atoms with Crippen LogP contribution in [-0.4, -0.2) is 24.5 Å². The monoisotopic (exact) mass is 357 g/mol. The molecule has 5 heteroatoms. The minimum Gasteiger partial charge on any atom is -0.399 e. The fourth-order valence-corrected chi connectivity index (χ4v) is 4.39. The topological polar surface area (TPSA) is 101 Å². The summed E-state index contributed by atoms with van der Waals surface area (Å²) in [6, 6.07) is 16.6. The second kappa shape index (κ2) is 7.67. The SMILES string of the molecule is CCN1CC=C2C(C#N)=C(N)C(C#N)(C#N)C(CCc3ccccc3)C2C1. The number of nitrogens with two attached hydrogens (primary N) is 1. The van der Waals surface area contributed by atoms with E-state index >= 15 is 0 Å². The van der Waals surface area contributed by atoms with E-state index in [-0.39, 0.29) is 17.5 Å². The summed E-state index contributed by atoms with van der Waals surface area (Å²) in [5, 5.41) is 29.6. The Kier molecular flexibility index (Phi) is 5.31. The standard InChI is InChI=1S/C22H23N5/c1-2-27-11-10-17-18(12-23)21(26)22(14-24,15-25)20(19(17)13-27)9-8-16-6-4-3-5-7-16/h3-7,10,19-20H,2,8-9,11,13,26H2,1H3. The molecule has 3 rings (SSSR count). The Labute approximate surface area is 160 Å². The number of rotatable bonds is 4. The highest BCUT2D eigenvalue weighted by Gasteiger charge is 2.53. The second-order valence-electron chi connectivity index (χ2n) is 7.18. The smallest absolute Gasteiger partial charge is 0.187 e. The van der Waals surface area contributed by atoms with Crippen LogP contribution < -0.4 is 5.73 Å². The van der Waals surface area contributed by atoms with Gasteiger partial charge in [-0.2, -0.15) is 15.8 Å². The summed E-state index contributed by atoms with van der Waals surface area (Å²) >= 11 is 0. The quantitative estimate of drug-likeness (QED) is 0.893. The van der Waals surface area contributed by atoms with Crippen LogP contribution in [0.4, 0.5) is 0 Å². The number of nitrogens with zero attached hydrogens (tertiary/aromatic N) is 4. The predicted octanol–water partition coefficient (Wildman–Crippen LogP) is 2.90. The van der Waals surface area contributed by atoms with Crippen LogP contribution in [0.5, 0.6) is 0 Å². The van der Waals surface area contributed by atoms with Crippen molar-refractivity contribution in [1.29, 1.82) is 15.8 Å². The van der Waals surface area contributed by atoms with Crippen molar-refractivity contribution in [3.8, 4) is 18.2 Å². The van der Waals surface area contributed by atoms with E-state index in [4.69, 9.17) is 5.73 Å². The van der Waals surface area contributed by atoms with Gasteiger partial charge in [0.05, 0.1) is 23.4 Å². The highest BCUT2D eigenvalue weighted by molar-refractivity contribution is 5.56. The molecule has 0 aromatic heterocycles. The van der Waals surface area contributed by atoms with E-state index in [0.717, 1.165) is 31.6 Å². The van der Waals surface area contributed by atoms with Crippen molar-refractivity contribution in [2.45, 2.75) is 19.8 Å². The molecule has 2 atom stereocenters. The van der Waals surface area contributed by atoms with E-state index in [9.17, 15) is 15.8 Å². The molecule has 0 saturated heterocycles. The van der Waals surface area contributed by atoms with Crippen LogP contribution in [-0.2, 0) is 6.42 Å². The molecular weight excluding hydrogens is 334 g/mol. The lowest BCUT2D eigenvalue weighted by molar-refractivity contribution is 0.164. The van der Waals surface area contributed by atoms with E-state index in [2.05, 4.69) is 48.2 Å². The molecule has 0 fully saturated rings. The third kappa shape index (κ3) is 3.10. The number of nitriles is 3. The summed E-state index contributed by atoms with van der Waals surface area (Å²) in [5.74, 6) is -0.283. The Balaban J connectivity index is 2.07. The van der Waals surface area contributed by atoms with Crippen LogP contribution in [0, 0.1) is 51.2 Å². The van der Waals surface area contributed by atoms with Crippen molar-refractivity contribution >= 4 is 0 Å². The number of hydrogen-bond donors (Lipinski definition) is 1. The normalized spacial score (nSPS) is 24.1. The van der Waals surface area contributed by atoms with Crippen molar-refractivity contribution in [2.24, 2.45) is 23.0 Å². The largest absolute Gasteiger partial charge is 0.399 e. The summed E-state index contributed by atoms with van der Waals surface area (Å²) < 4.78 is 0. The van der Waals surface area contributed by atoms with Gasteiger partial charge in [0.25, 0.3) is 0 Å². The third-order valence-corrected chi connectivity index (χ3v) is 5.95. The number of fused-ring (bicyclic) bond motifs is 1. The molecule has 2 aliphatic rings. The lowest BCUT2D eigenvalue weighted by Gasteiger charge is -2.45. The highest BCUT2D eigenvalue weighted by atomic mass is 15.1. The molecule has 27 heavy (non-hydrogen) atoms. The van der Waals surface area contributed by atoms with E-state index in [1.165, 1.54) is 5.56 Å². The Morgan fingerprint density at radius 1 is 1.19 bits per heavy atom. The van der Waals surface area contributed by atoms with Crippen molar-refractivity contribution in [3.05, 3.63) is 58.8 Å². The molecule has 1 aromatic rings. The second-order valence-corrected chi connectivity index (χ2v) is 7.18. The number of hydrogen-bond acceptors (Lipinski definition) is 5. The lowest BCUT2D eigenvalue weighted by Crippen LogP contribution is -2.49. The number of likely N-dealkylation sites (N-methyl/N-ethyl adjacent to an activating group) is 1. The van der Waals surface area contributed by atoms with Gasteiger partial charge in [-0.1, -0.05) is 43.3 Å². The number of benzene rings is 1. The zero-order valence-corrected chi connectivity index (χ0v) is 15.5. The zero-order chi connectivity index (χ0) is 19.4. The van der Waals surface area contributed by atoms with E-state index in [1.807, 2.05) is 18.2 Å². The minimum atomic E-state index is -1.46. The Morgan fingerprint density at radius 2 is 1.89 bits per heavy atom. The third-order valence-electron chi connectivity index (χ3n) is 5.95. The molecule has 5 nitrogen and oxygen atoms in total. The Bertz CT molecular complexity index is 877. The first kappa shape index (κ1) is 18.7. The lowest BCUT2D eigenvalue weighted by atomic mass is 9.58. The molecule has 1 aromatic carbocycles. The van der Waals surface area contributed by atoms with Gasteiger partial charge in [0, 0.05) is 24.9 Å².